The van der Waals surface area contributed by atoms with Gasteiger partial charge in [-0.25, -0.2) is 13.4 Å². The van der Waals surface area contributed by atoms with Crippen LogP contribution < -0.4 is 10.2 Å². The van der Waals surface area contributed by atoms with E-state index in [2.05, 4.69) is 31.1 Å². The fourth-order valence-electron chi connectivity index (χ4n) is 2.68. The Morgan fingerprint density at radius 1 is 1.19 bits per heavy atom. The van der Waals surface area contributed by atoms with Gasteiger partial charge in [-0.3, -0.25) is 4.79 Å². The Labute approximate surface area is 160 Å². The topological polar surface area (TPSA) is 95.8 Å². The Balaban J connectivity index is 1.47. The molecule has 2 aromatic heterocycles. The Morgan fingerprint density at radius 3 is 2.58 bits per heavy atom. The number of hydrogen-bond acceptors (Lipinski definition) is 6. The van der Waals surface area contributed by atoms with Gasteiger partial charge >= 0.3 is 0 Å². The molecule has 1 fully saturated rings. The summed E-state index contributed by atoms with van der Waals surface area (Å²) in [4.78, 5) is 18.2. The number of aromatic nitrogens is 1. The number of furan rings is 1. The number of halogens is 1. The van der Waals surface area contributed by atoms with Crippen molar-refractivity contribution >= 4 is 37.7 Å². The van der Waals surface area contributed by atoms with Crippen LogP contribution in [-0.4, -0.2) is 62.1 Å². The van der Waals surface area contributed by atoms with Crippen LogP contribution in [0, 0.1) is 0 Å². The molecule has 26 heavy (non-hydrogen) atoms. The molecule has 1 N–H and O–H groups in total. The van der Waals surface area contributed by atoms with E-state index < -0.39 is 15.9 Å². The highest BCUT2D eigenvalue weighted by molar-refractivity contribution is 9.10. The van der Waals surface area contributed by atoms with Crippen molar-refractivity contribution in [2.45, 2.75) is 0 Å². The van der Waals surface area contributed by atoms with Crippen LogP contribution in [0.25, 0.3) is 0 Å². The second-order valence-corrected chi connectivity index (χ2v) is 8.62. The van der Waals surface area contributed by atoms with Crippen LogP contribution in [-0.2, 0) is 10.0 Å². The van der Waals surface area contributed by atoms with Crippen LogP contribution in [0.4, 0.5) is 5.82 Å². The first kappa shape index (κ1) is 18.9. The molecule has 0 aromatic carbocycles. The fraction of sp³-hybridized carbons (Fsp3) is 0.375. The number of anilines is 1. The van der Waals surface area contributed by atoms with E-state index >= 15 is 0 Å². The van der Waals surface area contributed by atoms with Crippen molar-refractivity contribution in [3.8, 4) is 0 Å². The quantitative estimate of drug-likeness (QED) is 0.724. The summed E-state index contributed by atoms with van der Waals surface area (Å²) in [6.45, 7) is 2.00. The summed E-state index contributed by atoms with van der Waals surface area (Å²) < 4.78 is 32.0. The Morgan fingerprint density at radius 2 is 1.96 bits per heavy atom. The number of hydrogen-bond donors (Lipinski definition) is 1. The average Bonchev–Trinajstić information content (AvgIpc) is 3.09. The van der Waals surface area contributed by atoms with Crippen molar-refractivity contribution in [1.82, 2.24) is 14.6 Å². The third kappa shape index (κ3) is 4.63. The van der Waals surface area contributed by atoms with Crippen molar-refractivity contribution in [2.24, 2.45) is 0 Å². The first-order chi connectivity index (χ1) is 12.5. The minimum atomic E-state index is -3.43. The van der Waals surface area contributed by atoms with Gasteiger partial charge in [0.05, 0.1) is 5.75 Å². The summed E-state index contributed by atoms with van der Waals surface area (Å²) in [6.07, 6.45) is 1.72. The van der Waals surface area contributed by atoms with Gasteiger partial charge < -0.3 is 14.6 Å². The van der Waals surface area contributed by atoms with E-state index in [4.69, 9.17) is 4.42 Å². The van der Waals surface area contributed by atoms with Crippen LogP contribution in [0.3, 0.4) is 0 Å². The predicted molar refractivity (Wildman–Crippen MR) is 101 cm³/mol. The molecule has 1 saturated heterocycles. The number of nitrogens with zero attached hydrogens (tertiary/aromatic N) is 3. The van der Waals surface area contributed by atoms with E-state index in [-0.39, 0.29) is 18.1 Å². The summed E-state index contributed by atoms with van der Waals surface area (Å²) in [5, 5.41) is 2.56. The summed E-state index contributed by atoms with van der Waals surface area (Å²) in [5.41, 5.74) is 0. The standard InChI is InChI=1S/C16H19BrN4O4S/c17-14-5-4-13(25-14)16(22)19-7-12-26(23,24)21-10-8-20(9-11-21)15-3-1-2-6-18-15/h1-6H,7-12H2,(H,19,22). The largest absolute Gasteiger partial charge is 0.444 e. The number of nitrogens with one attached hydrogen (secondary N) is 1. The number of rotatable bonds is 6. The second-order valence-electron chi connectivity index (χ2n) is 5.75. The molecule has 0 radical (unpaired) electrons. The zero-order valence-electron chi connectivity index (χ0n) is 14.0. The smallest absolute Gasteiger partial charge is 0.287 e. The number of amides is 1. The molecular weight excluding hydrogens is 424 g/mol. The molecule has 0 unspecified atom stereocenters. The maximum Gasteiger partial charge on any atom is 0.287 e. The lowest BCUT2D eigenvalue weighted by molar-refractivity contribution is 0.0927. The number of carbonyl (C=O) groups is 1. The molecule has 2 aromatic rings. The van der Waals surface area contributed by atoms with E-state index in [1.165, 1.54) is 10.4 Å². The summed E-state index contributed by atoms with van der Waals surface area (Å²) in [5.74, 6) is 0.398. The molecule has 1 aliphatic heterocycles. The summed E-state index contributed by atoms with van der Waals surface area (Å²) in [7, 11) is -3.43. The third-order valence-corrected chi connectivity index (χ3v) is 6.35. The normalized spacial score (nSPS) is 15.8. The molecule has 0 spiro atoms. The molecule has 1 aliphatic rings. The van der Waals surface area contributed by atoms with E-state index in [9.17, 15) is 13.2 Å². The van der Waals surface area contributed by atoms with Gasteiger partial charge in [-0.05, 0) is 40.2 Å². The number of pyridine rings is 1. The van der Waals surface area contributed by atoms with Crippen molar-refractivity contribution in [3.05, 3.63) is 47.0 Å². The molecule has 0 bridgehead atoms. The van der Waals surface area contributed by atoms with Crippen molar-refractivity contribution in [3.63, 3.8) is 0 Å². The minimum absolute atomic E-state index is 0.0277. The van der Waals surface area contributed by atoms with E-state index in [1.807, 2.05) is 18.2 Å². The average molecular weight is 443 g/mol. The van der Waals surface area contributed by atoms with Crippen LogP contribution >= 0.6 is 15.9 Å². The van der Waals surface area contributed by atoms with E-state index in [0.29, 0.717) is 30.8 Å². The van der Waals surface area contributed by atoms with Gasteiger partial charge in [0.2, 0.25) is 10.0 Å². The van der Waals surface area contributed by atoms with Crippen LogP contribution in [0.1, 0.15) is 10.6 Å². The second kappa shape index (κ2) is 8.19. The summed E-state index contributed by atoms with van der Waals surface area (Å²) in [6, 6.07) is 8.79. The lowest BCUT2D eigenvalue weighted by Crippen LogP contribution is -2.50. The van der Waals surface area contributed by atoms with Gasteiger partial charge in [0.15, 0.2) is 10.4 Å². The van der Waals surface area contributed by atoms with Crippen LogP contribution in [0.2, 0.25) is 0 Å². The molecule has 10 heteroatoms. The minimum Gasteiger partial charge on any atom is -0.444 e. The lowest BCUT2D eigenvalue weighted by atomic mass is 10.3. The third-order valence-electron chi connectivity index (χ3n) is 4.05. The van der Waals surface area contributed by atoms with Gasteiger partial charge in [-0.15, -0.1) is 0 Å². The summed E-state index contributed by atoms with van der Waals surface area (Å²) >= 11 is 3.12. The first-order valence-electron chi connectivity index (χ1n) is 8.13. The van der Waals surface area contributed by atoms with Gasteiger partial charge in [0.25, 0.3) is 5.91 Å². The van der Waals surface area contributed by atoms with Crippen LogP contribution in [0.15, 0.2) is 45.6 Å². The van der Waals surface area contributed by atoms with Gasteiger partial charge in [0, 0.05) is 38.9 Å². The number of carbonyl (C=O) groups excluding carboxylic acids is 1. The van der Waals surface area contributed by atoms with Gasteiger partial charge in [0.1, 0.15) is 5.82 Å². The SMILES string of the molecule is O=C(NCCS(=O)(=O)N1CCN(c2ccccn2)CC1)c1ccc(Br)o1. The Kier molecular flexibility index (Phi) is 5.94. The molecule has 3 heterocycles. The molecule has 0 aliphatic carbocycles. The highest BCUT2D eigenvalue weighted by Crippen LogP contribution is 2.15. The van der Waals surface area contributed by atoms with Crippen molar-refractivity contribution < 1.29 is 17.6 Å². The Bertz CT molecular complexity index is 848. The van der Waals surface area contributed by atoms with E-state index in [1.54, 1.807) is 12.3 Å². The van der Waals surface area contributed by atoms with Crippen molar-refractivity contribution in [1.29, 1.82) is 0 Å². The van der Waals surface area contributed by atoms with E-state index in [0.717, 1.165) is 5.82 Å². The molecule has 0 atom stereocenters. The number of sulfonamides is 1. The van der Waals surface area contributed by atoms with Crippen LogP contribution in [0.5, 0.6) is 0 Å². The van der Waals surface area contributed by atoms with Crippen molar-refractivity contribution in [2.75, 3.05) is 43.4 Å². The maximum atomic E-state index is 12.5. The monoisotopic (exact) mass is 442 g/mol. The maximum absolute atomic E-state index is 12.5. The molecule has 140 valence electrons. The first-order valence-corrected chi connectivity index (χ1v) is 10.5. The van der Waals surface area contributed by atoms with Gasteiger partial charge in [-0.1, -0.05) is 6.07 Å². The fourth-order valence-corrected chi connectivity index (χ4v) is 4.33. The highest BCUT2D eigenvalue weighted by atomic mass is 79.9. The zero-order valence-corrected chi connectivity index (χ0v) is 16.4. The molecule has 0 saturated carbocycles. The Hall–Kier alpha value is -1.91. The number of piperazine rings is 1. The predicted octanol–water partition coefficient (Wildman–Crippen LogP) is 1.32. The van der Waals surface area contributed by atoms with Gasteiger partial charge in [-0.2, -0.15) is 4.31 Å². The lowest BCUT2D eigenvalue weighted by Gasteiger charge is -2.34. The molecular formula is C16H19BrN4O4S. The zero-order chi connectivity index (χ0) is 18.6. The molecule has 3 rings (SSSR count). The molecule has 1 amide bonds. The molecule has 8 nitrogen and oxygen atoms in total. The highest BCUT2D eigenvalue weighted by Gasteiger charge is 2.27.